The maximum Gasteiger partial charge on any atom is 0.407 e. The lowest BCUT2D eigenvalue weighted by atomic mass is 10.2. The number of likely N-dealkylation sites (tertiary alicyclic amines) is 1. The first-order valence-electron chi connectivity index (χ1n) is 5.68. The molecule has 1 rings (SSSR count). The average Bonchev–Trinajstić information content (AvgIpc) is 2.42. The molecule has 1 saturated heterocycles. The van der Waals surface area contributed by atoms with E-state index in [4.69, 9.17) is 9.84 Å². The molecule has 6 heteroatoms. The first-order valence-corrected chi connectivity index (χ1v) is 5.68. The quantitative estimate of drug-likeness (QED) is 0.735. The summed E-state index contributed by atoms with van der Waals surface area (Å²) in [6, 6.07) is -0.247. The number of hydrogen-bond donors (Lipinski definition) is 2. The van der Waals surface area contributed by atoms with Crippen molar-refractivity contribution in [3.63, 3.8) is 0 Å². The first kappa shape index (κ1) is 13.6. The van der Waals surface area contributed by atoms with Crippen LogP contribution in [0.2, 0.25) is 0 Å². The Labute approximate surface area is 101 Å². The van der Waals surface area contributed by atoms with Gasteiger partial charge in [-0.25, -0.2) is 9.59 Å². The van der Waals surface area contributed by atoms with Gasteiger partial charge in [0.1, 0.15) is 5.60 Å². The van der Waals surface area contributed by atoms with E-state index in [1.54, 1.807) is 20.8 Å². The lowest BCUT2D eigenvalue weighted by molar-refractivity contribution is 0.0505. The van der Waals surface area contributed by atoms with E-state index in [1.807, 2.05) is 6.92 Å². The third-order valence-electron chi connectivity index (χ3n) is 2.54. The molecule has 0 aromatic rings. The Morgan fingerprint density at radius 1 is 1.41 bits per heavy atom. The molecular weight excluding hydrogens is 224 g/mol. The predicted octanol–water partition coefficient (Wildman–Crippen LogP) is 1.65. The van der Waals surface area contributed by atoms with Gasteiger partial charge in [0.25, 0.3) is 0 Å². The van der Waals surface area contributed by atoms with Crippen LogP contribution in [-0.2, 0) is 4.74 Å². The van der Waals surface area contributed by atoms with Gasteiger partial charge in [-0.3, -0.25) is 0 Å². The van der Waals surface area contributed by atoms with E-state index in [0.717, 1.165) is 0 Å². The number of carbonyl (C=O) groups excluding carboxylic acids is 1. The van der Waals surface area contributed by atoms with Crippen LogP contribution in [0, 0.1) is 0 Å². The fraction of sp³-hybridized carbons (Fsp3) is 0.818. The SMILES string of the molecule is C[C@@H]1C[C@@H](NC(=O)OC(C)(C)C)CN1C(=O)O. The number of amides is 2. The smallest absolute Gasteiger partial charge is 0.407 e. The van der Waals surface area contributed by atoms with Gasteiger partial charge in [-0.15, -0.1) is 0 Å². The van der Waals surface area contributed by atoms with Gasteiger partial charge in [0.15, 0.2) is 0 Å². The molecule has 1 heterocycles. The van der Waals surface area contributed by atoms with E-state index < -0.39 is 17.8 Å². The van der Waals surface area contributed by atoms with Crippen LogP contribution >= 0.6 is 0 Å². The van der Waals surface area contributed by atoms with E-state index in [2.05, 4.69) is 5.32 Å². The minimum Gasteiger partial charge on any atom is -0.465 e. The molecule has 98 valence electrons. The molecule has 0 aromatic carbocycles. The first-order chi connectivity index (χ1) is 7.69. The predicted molar refractivity (Wildman–Crippen MR) is 62.0 cm³/mol. The Morgan fingerprint density at radius 2 is 2.00 bits per heavy atom. The monoisotopic (exact) mass is 244 g/mol. The van der Waals surface area contributed by atoms with Gasteiger partial charge in [0, 0.05) is 12.6 Å². The van der Waals surface area contributed by atoms with Crippen LogP contribution in [0.5, 0.6) is 0 Å². The second kappa shape index (κ2) is 4.81. The van der Waals surface area contributed by atoms with Crippen molar-refractivity contribution in [2.75, 3.05) is 6.54 Å². The molecule has 17 heavy (non-hydrogen) atoms. The molecule has 6 nitrogen and oxygen atoms in total. The number of alkyl carbamates (subject to hydrolysis) is 1. The van der Waals surface area contributed by atoms with Gasteiger partial charge in [0.05, 0.1) is 6.04 Å². The molecule has 0 aliphatic carbocycles. The Balaban J connectivity index is 2.45. The largest absolute Gasteiger partial charge is 0.465 e. The van der Waals surface area contributed by atoms with Crippen molar-refractivity contribution >= 4 is 12.2 Å². The van der Waals surface area contributed by atoms with Crippen molar-refractivity contribution in [3.05, 3.63) is 0 Å². The molecule has 2 amide bonds. The Bertz CT molecular complexity index is 311. The molecule has 0 spiro atoms. The Morgan fingerprint density at radius 3 is 2.41 bits per heavy atom. The zero-order chi connectivity index (χ0) is 13.2. The van der Waals surface area contributed by atoms with Gasteiger partial charge in [0.2, 0.25) is 0 Å². The van der Waals surface area contributed by atoms with Crippen LogP contribution in [0.15, 0.2) is 0 Å². The summed E-state index contributed by atoms with van der Waals surface area (Å²) in [5.74, 6) is 0. The molecule has 1 fully saturated rings. The van der Waals surface area contributed by atoms with E-state index in [0.29, 0.717) is 13.0 Å². The second-order valence-corrected chi connectivity index (χ2v) is 5.36. The molecule has 2 N–H and O–H groups in total. The van der Waals surface area contributed by atoms with E-state index >= 15 is 0 Å². The Hall–Kier alpha value is -1.46. The number of hydrogen-bond acceptors (Lipinski definition) is 3. The molecule has 1 aliphatic rings. The molecule has 0 bridgehead atoms. The van der Waals surface area contributed by atoms with E-state index in [-0.39, 0.29) is 12.1 Å². The van der Waals surface area contributed by atoms with Crippen LogP contribution < -0.4 is 5.32 Å². The zero-order valence-corrected chi connectivity index (χ0v) is 10.7. The van der Waals surface area contributed by atoms with Crippen LogP contribution in [0.4, 0.5) is 9.59 Å². The zero-order valence-electron chi connectivity index (χ0n) is 10.7. The number of nitrogens with zero attached hydrogens (tertiary/aromatic N) is 1. The van der Waals surface area contributed by atoms with Crippen LogP contribution in [0.1, 0.15) is 34.1 Å². The minimum absolute atomic E-state index is 0.0764. The molecule has 0 aromatic heterocycles. The van der Waals surface area contributed by atoms with Crippen molar-refractivity contribution in [2.45, 2.75) is 51.8 Å². The fourth-order valence-electron chi connectivity index (χ4n) is 1.88. The van der Waals surface area contributed by atoms with Crippen molar-refractivity contribution in [1.82, 2.24) is 10.2 Å². The fourth-order valence-corrected chi connectivity index (χ4v) is 1.88. The number of rotatable bonds is 1. The number of ether oxygens (including phenoxy) is 1. The Kier molecular flexibility index (Phi) is 3.85. The summed E-state index contributed by atoms with van der Waals surface area (Å²) in [5.41, 5.74) is -0.541. The standard InChI is InChI=1S/C11H20N2O4/c1-7-5-8(6-13(7)10(15)16)12-9(14)17-11(2,3)4/h7-8H,5-6H2,1-4H3,(H,12,14)(H,15,16)/t7-,8-/m1/s1. The van der Waals surface area contributed by atoms with Crippen molar-refractivity contribution < 1.29 is 19.4 Å². The maximum absolute atomic E-state index is 11.5. The van der Waals surface area contributed by atoms with Crippen molar-refractivity contribution in [3.8, 4) is 0 Å². The minimum atomic E-state index is -0.953. The summed E-state index contributed by atoms with van der Waals surface area (Å²) in [4.78, 5) is 23.7. The van der Waals surface area contributed by atoms with Gasteiger partial charge in [-0.05, 0) is 34.1 Å². The lowest BCUT2D eigenvalue weighted by Gasteiger charge is -2.21. The second-order valence-electron chi connectivity index (χ2n) is 5.36. The molecule has 0 radical (unpaired) electrons. The maximum atomic E-state index is 11.5. The highest BCUT2D eigenvalue weighted by molar-refractivity contribution is 5.69. The van der Waals surface area contributed by atoms with Crippen molar-refractivity contribution in [1.29, 1.82) is 0 Å². The highest BCUT2D eigenvalue weighted by Gasteiger charge is 2.33. The molecular formula is C11H20N2O4. The highest BCUT2D eigenvalue weighted by atomic mass is 16.6. The molecule has 1 aliphatic heterocycles. The van der Waals surface area contributed by atoms with Gasteiger partial charge >= 0.3 is 12.2 Å². The van der Waals surface area contributed by atoms with Gasteiger partial charge < -0.3 is 20.1 Å². The summed E-state index contributed by atoms with van der Waals surface area (Å²) < 4.78 is 5.11. The summed E-state index contributed by atoms with van der Waals surface area (Å²) in [5, 5.41) is 11.6. The van der Waals surface area contributed by atoms with Gasteiger partial charge in [-0.1, -0.05) is 0 Å². The normalized spacial score (nSPS) is 24.6. The van der Waals surface area contributed by atoms with Crippen molar-refractivity contribution in [2.24, 2.45) is 0 Å². The summed E-state index contributed by atoms with van der Waals surface area (Å²) >= 11 is 0. The highest BCUT2D eigenvalue weighted by Crippen LogP contribution is 2.18. The molecule has 2 atom stereocenters. The topological polar surface area (TPSA) is 78.9 Å². The molecule has 0 saturated carbocycles. The third kappa shape index (κ3) is 4.13. The number of nitrogens with one attached hydrogen (secondary N) is 1. The average molecular weight is 244 g/mol. The molecule has 0 unspecified atom stereocenters. The summed E-state index contributed by atoms with van der Waals surface area (Å²) in [6.07, 6.45) is -0.834. The van der Waals surface area contributed by atoms with Gasteiger partial charge in [-0.2, -0.15) is 0 Å². The van der Waals surface area contributed by atoms with Crippen LogP contribution in [0.25, 0.3) is 0 Å². The van der Waals surface area contributed by atoms with E-state index in [1.165, 1.54) is 4.90 Å². The van der Waals surface area contributed by atoms with E-state index in [9.17, 15) is 9.59 Å². The summed E-state index contributed by atoms with van der Waals surface area (Å²) in [7, 11) is 0. The number of carboxylic acid groups (broad SMARTS) is 1. The number of carbonyl (C=O) groups is 2. The summed E-state index contributed by atoms with van der Waals surface area (Å²) in [6.45, 7) is 7.49. The van der Waals surface area contributed by atoms with Crippen LogP contribution in [0.3, 0.4) is 0 Å². The third-order valence-corrected chi connectivity index (χ3v) is 2.54. The van der Waals surface area contributed by atoms with Crippen LogP contribution in [-0.4, -0.2) is 46.4 Å². The lowest BCUT2D eigenvalue weighted by Crippen LogP contribution is -2.41.